The summed E-state index contributed by atoms with van der Waals surface area (Å²) >= 11 is 0. The van der Waals surface area contributed by atoms with Crippen molar-refractivity contribution in [1.29, 1.82) is 0 Å². The molecule has 1 aliphatic carbocycles. The molecule has 0 spiro atoms. The van der Waals surface area contributed by atoms with Crippen LogP contribution in [0.3, 0.4) is 0 Å². The van der Waals surface area contributed by atoms with Gasteiger partial charge in [-0.15, -0.1) is 5.10 Å². The van der Waals surface area contributed by atoms with E-state index in [1.807, 2.05) is 0 Å². The monoisotopic (exact) mass is 179 g/mol. The van der Waals surface area contributed by atoms with Gasteiger partial charge in [-0.05, 0) is 19.3 Å². The fraction of sp³-hybridized carbons (Fsp3) is 0.800. The highest BCUT2D eigenvalue weighted by Crippen LogP contribution is 2.27. The summed E-state index contributed by atoms with van der Waals surface area (Å²) in [5.41, 5.74) is 1.12. The second kappa shape index (κ2) is 3.90. The highest BCUT2D eigenvalue weighted by molar-refractivity contribution is 4.92. The minimum absolute atomic E-state index is 0.626. The summed E-state index contributed by atoms with van der Waals surface area (Å²) < 4.78 is 2.07. The molecular weight excluding hydrogens is 162 g/mol. The Morgan fingerprint density at radius 2 is 2.15 bits per heavy atom. The summed E-state index contributed by atoms with van der Waals surface area (Å²) in [6.45, 7) is 2.12. The van der Waals surface area contributed by atoms with E-state index in [9.17, 15) is 0 Å². The van der Waals surface area contributed by atoms with E-state index >= 15 is 0 Å². The molecule has 0 radical (unpaired) electrons. The summed E-state index contributed by atoms with van der Waals surface area (Å²) in [5.74, 6) is 0. The number of rotatable bonds is 2. The van der Waals surface area contributed by atoms with Crippen LogP contribution in [-0.4, -0.2) is 15.0 Å². The molecule has 0 atom stereocenters. The molecule has 3 heteroatoms. The Kier molecular flexibility index (Phi) is 2.62. The van der Waals surface area contributed by atoms with Gasteiger partial charge in [0.25, 0.3) is 0 Å². The van der Waals surface area contributed by atoms with E-state index in [0.29, 0.717) is 6.04 Å². The molecule has 0 aliphatic heterocycles. The van der Waals surface area contributed by atoms with Gasteiger partial charge in [0.05, 0.1) is 11.7 Å². The molecule has 1 aromatic rings. The van der Waals surface area contributed by atoms with Crippen molar-refractivity contribution in [2.45, 2.75) is 51.5 Å². The van der Waals surface area contributed by atoms with Crippen LogP contribution >= 0.6 is 0 Å². The van der Waals surface area contributed by atoms with Gasteiger partial charge < -0.3 is 0 Å². The van der Waals surface area contributed by atoms with E-state index in [0.717, 1.165) is 12.1 Å². The van der Waals surface area contributed by atoms with Gasteiger partial charge in [-0.25, -0.2) is 4.68 Å². The van der Waals surface area contributed by atoms with Crippen molar-refractivity contribution in [1.82, 2.24) is 15.0 Å². The number of nitrogens with zero attached hydrogens (tertiary/aromatic N) is 3. The second-order valence-corrected chi connectivity index (χ2v) is 3.84. The van der Waals surface area contributed by atoms with Gasteiger partial charge in [0, 0.05) is 6.20 Å². The van der Waals surface area contributed by atoms with E-state index in [-0.39, 0.29) is 0 Å². The summed E-state index contributed by atoms with van der Waals surface area (Å²) in [6, 6.07) is 0.626. The van der Waals surface area contributed by atoms with Gasteiger partial charge in [0.15, 0.2) is 0 Å². The molecule has 0 aromatic carbocycles. The minimum atomic E-state index is 0.626. The highest BCUT2D eigenvalue weighted by atomic mass is 15.4. The maximum Gasteiger partial charge on any atom is 0.0824 e. The molecular formula is C10H17N3. The minimum Gasteiger partial charge on any atom is -0.249 e. The van der Waals surface area contributed by atoms with Crippen LogP contribution in [0.2, 0.25) is 0 Å². The van der Waals surface area contributed by atoms with Crippen LogP contribution < -0.4 is 0 Å². The van der Waals surface area contributed by atoms with Gasteiger partial charge in [0.2, 0.25) is 0 Å². The zero-order valence-electron chi connectivity index (χ0n) is 8.24. The molecule has 3 nitrogen and oxygen atoms in total. The normalized spacial score (nSPS) is 19.2. The van der Waals surface area contributed by atoms with Gasteiger partial charge in [0.1, 0.15) is 0 Å². The summed E-state index contributed by atoms with van der Waals surface area (Å²) in [4.78, 5) is 0. The van der Waals surface area contributed by atoms with Crippen LogP contribution in [0.25, 0.3) is 0 Å². The smallest absolute Gasteiger partial charge is 0.0824 e. The fourth-order valence-corrected chi connectivity index (χ4v) is 2.00. The zero-order valence-corrected chi connectivity index (χ0v) is 8.24. The van der Waals surface area contributed by atoms with Crippen molar-refractivity contribution in [3.05, 3.63) is 11.9 Å². The average Bonchev–Trinajstić information content (AvgIpc) is 2.67. The maximum atomic E-state index is 4.18. The van der Waals surface area contributed by atoms with Crippen molar-refractivity contribution in [3.8, 4) is 0 Å². The van der Waals surface area contributed by atoms with Crippen LogP contribution in [0, 0.1) is 0 Å². The lowest BCUT2D eigenvalue weighted by molar-refractivity contribution is 0.324. The summed E-state index contributed by atoms with van der Waals surface area (Å²) in [6.07, 6.45) is 9.77. The fourth-order valence-electron chi connectivity index (χ4n) is 2.00. The maximum absolute atomic E-state index is 4.18. The predicted molar refractivity (Wildman–Crippen MR) is 51.5 cm³/mol. The quantitative estimate of drug-likeness (QED) is 0.697. The Balaban J connectivity index is 2.05. The zero-order chi connectivity index (χ0) is 9.10. The molecule has 1 heterocycles. The van der Waals surface area contributed by atoms with Crippen LogP contribution in [0.15, 0.2) is 6.20 Å². The first kappa shape index (κ1) is 8.73. The number of aryl methyl sites for hydroxylation is 1. The molecule has 1 aliphatic rings. The first-order chi connectivity index (χ1) is 6.40. The molecule has 13 heavy (non-hydrogen) atoms. The highest BCUT2D eigenvalue weighted by Gasteiger charge is 2.15. The third-order valence-electron chi connectivity index (χ3n) is 2.87. The number of hydrogen-bond acceptors (Lipinski definition) is 2. The lowest BCUT2D eigenvalue weighted by atomic mass is 9.96. The Labute approximate surface area is 79.1 Å². The van der Waals surface area contributed by atoms with E-state index in [4.69, 9.17) is 0 Å². The van der Waals surface area contributed by atoms with Crippen LogP contribution in [0.4, 0.5) is 0 Å². The Bertz CT molecular complexity index is 261. The Hall–Kier alpha value is -0.860. The van der Waals surface area contributed by atoms with Crippen molar-refractivity contribution in [2.75, 3.05) is 0 Å². The topological polar surface area (TPSA) is 30.7 Å². The molecule has 1 fully saturated rings. The number of aromatic nitrogens is 3. The lowest BCUT2D eigenvalue weighted by Crippen LogP contribution is -2.13. The molecule has 72 valence electrons. The van der Waals surface area contributed by atoms with Crippen molar-refractivity contribution in [3.63, 3.8) is 0 Å². The third-order valence-corrected chi connectivity index (χ3v) is 2.87. The first-order valence-electron chi connectivity index (χ1n) is 5.31. The van der Waals surface area contributed by atoms with E-state index in [1.54, 1.807) is 0 Å². The third kappa shape index (κ3) is 1.90. The Morgan fingerprint density at radius 1 is 1.38 bits per heavy atom. The average molecular weight is 179 g/mol. The molecule has 0 amide bonds. The molecule has 0 saturated heterocycles. The van der Waals surface area contributed by atoms with Crippen molar-refractivity contribution < 1.29 is 0 Å². The first-order valence-corrected chi connectivity index (χ1v) is 5.31. The van der Waals surface area contributed by atoms with Gasteiger partial charge >= 0.3 is 0 Å². The molecule has 0 bridgehead atoms. The van der Waals surface area contributed by atoms with Crippen LogP contribution in [0.1, 0.15) is 50.8 Å². The molecule has 0 N–H and O–H groups in total. The van der Waals surface area contributed by atoms with Gasteiger partial charge in [-0.3, -0.25) is 0 Å². The van der Waals surface area contributed by atoms with Gasteiger partial charge in [-0.1, -0.05) is 31.4 Å². The second-order valence-electron chi connectivity index (χ2n) is 3.84. The van der Waals surface area contributed by atoms with Crippen molar-refractivity contribution in [2.24, 2.45) is 0 Å². The summed E-state index contributed by atoms with van der Waals surface area (Å²) in [5, 5.41) is 8.30. The van der Waals surface area contributed by atoms with E-state index in [2.05, 4.69) is 28.1 Å². The SMILES string of the molecule is CCc1cn(C2CCCCC2)nn1. The molecule has 0 unspecified atom stereocenters. The van der Waals surface area contributed by atoms with Crippen LogP contribution in [-0.2, 0) is 6.42 Å². The standard InChI is InChI=1S/C10H17N3/c1-2-9-8-13(12-11-9)10-6-4-3-5-7-10/h8,10H,2-7H2,1H3. The van der Waals surface area contributed by atoms with Crippen LogP contribution in [0.5, 0.6) is 0 Å². The summed E-state index contributed by atoms with van der Waals surface area (Å²) in [7, 11) is 0. The number of hydrogen-bond donors (Lipinski definition) is 0. The predicted octanol–water partition coefficient (Wildman–Crippen LogP) is 2.35. The molecule has 1 saturated carbocycles. The van der Waals surface area contributed by atoms with E-state index < -0.39 is 0 Å². The molecule has 1 aromatic heterocycles. The largest absolute Gasteiger partial charge is 0.249 e. The lowest BCUT2D eigenvalue weighted by Gasteiger charge is -2.20. The van der Waals surface area contributed by atoms with Crippen molar-refractivity contribution >= 4 is 0 Å². The Morgan fingerprint density at radius 3 is 2.77 bits per heavy atom. The van der Waals surface area contributed by atoms with E-state index in [1.165, 1.54) is 32.1 Å². The molecule has 2 rings (SSSR count). The van der Waals surface area contributed by atoms with Gasteiger partial charge in [-0.2, -0.15) is 0 Å².